The Morgan fingerprint density at radius 3 is 2.65 bits per heavy atom. The first kappa shape index (κ1) is 20.6. The average molecular weight is 376 g/mol. The van der Waals surface area contributed by atoms with Crippen LogP contribution in [0.5, 0.6) is 0 Å². The zero-order valence-electron chi connectivity index (χ0n) is 15.7. The normalized spacial score (nSPS) is 19.8. The van der Waals surface area contributed by atoms with E-state index in [9.17, 15) is 9.59 Å². The third-order valence-electron chi connectivity index (χ3n) is 4.34. The number of carbonyl (C=O) groups excluding carboxylic acids is 2. The second kappa shape index (κ2) is 11.1. The maximum atomic E-state index is 12.9. The molecular formula is C21H29NO3S. The van der Waals surface area contributed by atoms with Crippen LogP contribution in [0, 0.1) is 0 Å². The van der Waals surface area contributed by atoms with Gasteiger partial charge in [-0.05, 0) is 24.5 Å². The smallest absolute Gasteiger partial charge is 0.329 e. The number of nitrogens with zero attached hydrogens (tertiary/aromatic N) is 1. The minimum absolute atomic E-state index is 0.0497. The first-order chi connectivity index (χ1) is 12.7. The summed E-state index contributed by atoms with van der Waals surface area (Å²) >= 11 is 1.69. The van der Waals surface area contributed by atoms with Crippen LogP contribution in [0.25, 0.3) is 6.08 Å². The molecule has 2 rings (SSSR count). The van der Waals surface area contributed by atoms with Crippen molar-refractivity contribution in [2.24, 2.45) is 0 Å². The summed E-state index contributed by atoms with van der Waals surface area (Å²) in [5, 5.41) is 0.0497. The molecule has 4 nitrogen and oxygen atoms in total. The largest absolute Gasteiger partial charge is 0.464 e. The predicted molar refractivity (Wildman–Crippen MR) is 108 cm³/mol. The fraction of sp³-hybridized carbons (Fsp3) is 0.524. The maximum absolute atomic E-state index is 12.9. The van der Waals surface area contributed by atoms with Gasteiger partial charge in [-0.15, -0.1) is 11.8 Å². The second-order valence-corrected chi connectivity index (χ2v) is 7.67. The number of unbranched alkanes of at least 4 members (excludes halogenated alkanes) is 2. The van der Waals surface area contributed by atoms with E-state index in [-0.39, 0.29) is 17.3 Å². The van der Waals surface area contributed by atoms with Crippen molar-refractivity contribution in [2.45, 2.75) is 57.4 Å². The molecule has 1 aliphatic rings. The standard InChI is InChI=1S/C21H29NO3S/c1-3-5-7-12-20-22(18(16-26-20)21(24)25-15-4-2)19(23)14-13-17-10-8-6-9-11-17/h6,8-11,13-14,18,20H,3-5,7,12,15-16H2,1-2H3/b14-13+. The highest BCUT2D eigenvalue weighted by Crippen LogP contribution is 2.33. The topological polar surface area (TPSA) is 46.6 Å². The molecule has 0 aromatic heterocycles. The van der Waals surface area contributed by atoms with E-state index in [1.807, 2.05) is 43.3 Å². The average Bonchev–Trinajstić information content (AvgIpc) is 3.09. The molecule has 0 saturated carbocycles. The molecule has 5 heteroatoms. The quantitative estimate of drug-likeness (QED) is 0.362. The van der Waals surface area contributed by atoms with Crippen molar-refractivity contribution < 1.29 is 14.3 Å². The summed E-state index contributed by atoms with van der Waals surface area (Å²) in [6.07, 6.45) is 8.44. The van der Waals surface area contributed by atoms with Gasteiger partial charge < -0.3 is 9.64 Å². The van der Waals surface area contributed by atoms with E-state index < -0.39 is 6.04 Å². The van der Waals surface area contributed by atoms with Crippen LogP contribution in [-0.4, -0.2) is 40.6 Å². The lowest BCUT2D eigenvalue weighted by atomic mass is 10.1. The maximum Gasteiger partial charge on any atom is 0.329 e. The van der Waals surface area contributed by atoms with Gasteiger partial charge in [-0.1, -0.05) is 63.4 Å². The van der Waals surface area contributed by atoms with Crippen molar-refractivity contribution in [3.05, 3.63) is 42.0 Å². The summed E-state index contributed by atoms with van der Waals surface area (Å²) in [6, 6.07) is 9.25. The Bertz CT molecular complexity index is 603. The summed E-state index contributed by atoms with van der Waals surface area (Å²) in [6.45, 7) is 4.54. The Morgan fingerprint density at radius 2 is 1.96 bits per heavy atom. The molecule has 0 spiro atoms. The molecule has 142 valence electrons. The summed E-state index contributed by atoms with van der Waals surface area (Å²) in [5.41, 5.74) is 0.973. The number of carbonyl (C=O) groups is 2. The zero-order chi connectivity index (χ0) is 18.8. The van der Waals surface area contributed by atoms with Crippen molar-refractivity contribution >= 4 is 29.7 Å². The SMILES string of the molecule is CCCCCC1SCC(C(=O)OCCC)N1C(=O)/C=C/c1ccccc1. The van der Waals surface area contributed by atoms with Crippen LogP contribution in [0.1, 0.15) is 51.5 Å². The number of ether oxygens (including phenoxy) is 1. The molecule has 1 saturated heterocycles. The van der Waals surface area contributed by atoms with E-state index in [1.165, 1.54) is 0 Å². The van der Waals surface area contributed by atoms with Crippen LogP contribution in [-0.2, 0) is 14.3 Å². The predicted octanol–water partition coefficient (Wildman–Crippen LogP) is 4.50. The van der Waals surface area contributed by atoms with Gasteiger partial charge in [0.25, 0.3) is 0 Å². The van der Waals surface area contributed by atoms with Gasteiger partial charge in [-0.3, -0.25) is 4.79 Å². The lowest BCUT2D eigenvalue weighted by Gasteiger charge is -2.27. The van der Waals surface area contributed by atoms with Crippen molar-refractivity contribution in [2.75, 3.05) is 12.4 Å². The van der Waals surface area contributed by atoms with E-state index in [4.69, 9.17) is 4.74 Å². The third kappa shape index (κ3) is 5.90. The minimum Gasteiger partial charge on any atom is -0.464 e. The molecule has 1 aromatic rings. The van der Waals surface area contributed by atoms with Crippen molar-refractivity contribution in [1.29, 1.82) is 0 Å². The Morgan fingerprint density at radius 1 is 1.19 bits per heavy atom. The molecule has 1 fully saturated rings. The second-order valence-electron chi connectivity index (χ2n) is 6.46. The third-order valence-corrected chi connectivity index (χ3v) is 5.70. The van der Waals surface area contributed by atoms with E-state index in [2.05, 4.69) is 6.92 Å². The Labute approximate surface area is 161 Å². The van der Waals surface area contributed by atoms with Crippen LogP contribution in [0.2, 0.25) is 0 Å². The summed E-state index contributed by atoms with van der Waals surface area (Å²) in [5.74, 6) is 0.224. The number of benzene rings is 1. The van der Waals surface area contributed by atoms with E-state index in [0.717, 1.165) is 37.7 Å². The van der Waals surface area contributed by atoms with Crippen LogP contribution < -0.4 is 0 Å². The van der Waals surface area contributed by atoms with Gasteiger partial charge in [-0.2, -0.15) is 0 Å². The van der Waals surface area contributed by atoms with Crippen LogP contribution in [0.4, 0.5) is 0 Å². The van der Waals surface area contributed by atoms with Crippen molar-refractivity contribution in [1.82, 2.24) is 4.90 Å². The summed E-state index contributed by atoms with van der Waals surface area (Å²) in [7, 11) is 0. The molecule has 26 heavy (non-hydrogen) atoms. The lowest BCUT2D eigenvalue weighted by Crippen LogP contribution is -2.45. The molecule has 0 aliphatic carbocycles. The van der Waals surface area contributed by atoms with Crippen LogP contribution in [0.15, 0.2) is 36.4 Å². The van der Waals surface area contributed by atoms with Crippen molar-refractivity contribution in [3.8, 4) is 0 Å². The molecule has 2 unspecified atom stereocenters. The first-order valence-electron chi connectivity index (χ1n) is 9.51. The molecule has 2 atom stereocenters. The fourth-order valence-electron chi connectivity index (χ4n) is 2.95. The molecular weight excluding hydrogens is 346 g/mol. The monoisotopic (exact) mass is 375 g/mol. The summed E-state index contributed by atoms with van der Waals surface area (Å²) in [4.78, 5) is 27.0. The molecule has 1 aromatic carbocycles. The highest BCUT2D eigenvalue weighted by atomic mass is 32.2. The van der Waals surface area contributed by atoms with E-state index in [1.54, 1.807) is 22.7 Å². The Balaban J connectivity index is 2.09. The molecule has 0 N–H and O–H groups in total. The molecule has 0 radical (unpaired) electrons. The van der Waals surface area contributed by atoms with Gasteiger partial charge in [-0.25, -0.2) is 4.79 Å². The van der Waals surface area contributed by atoms with Gasteiger partial charge in [0.05, 0.1) is 12.0 Å². The summed E-state index contributed by atoms with van der Waals surface area (Å²) < 4.78 is 5.32. The molecule has 0 bridgehead atoms. The number of esters is 1. The van der Waals surface area contributed by atoms with Gasteiger partial charge in [0.1, 0.15) is 6.04 Å². The molecule has 1 amide bonds. The van der Waals surface area contributed by atoms with Gasteiger partial charge in [0.2, 0.25) is 5.91 Å². The number of amides is 1. The van der Waals surface area contributed by atoms with E-state index >= 15 is 0 Å². The molecule has 1 aliphatic heterocycles. The number of thioether (sulfide) groups is 1. The number of hydrogen-bond donors (Lipinski definition) is 0. The Hall–Kier alpha value is -1.75. The van der Waals surface area contributed by atoms with Gasteiger partial charge >= 0.3 is 5.97 Å². The zero-order valence-corrected chi connectivity index (χ0v) is 16.5. The lowest BCUT2D eigenvalue weighted by molar-refractivity contribution is -0.152. The van der Waals surface area contributed by atoms with Crippen molar-refractivity contribution in [3.63, 3.8) is 0 Å². The molecule has 1 heterocycles. The first-order valence-corrected chi connectivity index (χ1v) is 10.6. The fourth-order valence-corrected chi connectivity index (χ4v) is 4.39. The van der Waals surface area contributed by atoms with E-state index in [0.29, 0.717) is 12.4 Å². The number of rotatable bonds is 9. The highest BCUT2D eigenvalue weighted by molar-refractivity contribution is 8.00. The van der Waals surface area contributed by atoms with Gasteiger partial charge in [0.15, 0.2) is 0 Å². The Kier molecular flexibility index (Phi) is 8.75. The minimum atomic E-state index is -0.480. The number of hydrogen-bond acceptors (Lipinski definition) is 4. The van der Waals surface area contributed by atoms with Crippen LogP contribution >= 0.6 is 11.8 Å². The van der Waals surface area contributed by atoms with Crippen LogP contribution in [0.3, 0.4) is 0 Å². The van der Waals surface area contributed by atoms with Gasteiger partial charge in [0, 0.05) is 11.8 Å². The highest BCUT2D eigenvalue weighted by Gasteiger charge is 2.41.